The number of ether oxygens (including phenoxy) is 1. The number of rotatable bonds is 5. The van der Waals surface area contributed by atoms with Gasteiger partial charge in [-0.1, -0.05) is 43.1 Å². The van der Waals surface area contributed by atoms with Gasteiger partial charge in [0.15, 0.2) is 0 Å². The van der Waals surface area contributed by atoms with Crippen LogP contribution in [0.15, 0.2) is 35.2 Å². The number of halogens is 2. The maximum absolute atomic E-state index is 12.5. The van der Waals surface area contributed by atoms with Gasteiger partial charge in [0, 0.05) is 6.07 Å². The van der Waals surface area contributed by atoms with Crippen molar-refractivity contribution in [3.05, 3.63) is 51.5 Å². The molecular formula is C17H18Cl2O4S. The lowest BCUT2D eigenvalue weighted by molar-refractivity contribution is 0.414. The van der Waals surface area contributed by atoms with Gasteiger partial charge in [0.05, 0.1) is 17.2 Å². The van der Waals surface area contributed by atoms with Gasteiger partial charge in [0.25, 0.3) is 0 Å². The second-order valence-electron chi connectivity index (χ2n) is 5.63. The fraction of sp³-hybridized carbons (Fsp3) is 0.294. The van der Waals surface area contributed by atoms with Gasteiger partial charge >= 0.3 is 10.1 Å². The second-order valence-corrected chi connectivity index (χ2v) is 7.96. The molecule has 24 heavy (non-hydrogen) atoms. The van der Waals surface area contributed by atoms with Crippen LogP contribution in [0.25, 0.3) is 0 Å². The molecule has 0 aliphatic carbocycles. The summed E-state index contributed by atoms with van der Waals surface area (Å²) in [5, 5.41) is 0.113. The zero-order valence-corrected chi connectivity index (χ0v) is 16.1. The Hall–Kier alpha value is -1.43. The van der Waals surface area contributed by atoms with E-state index in [4.69, 9.17) is 32.1 Å². The number of hydrogen-bond acceptors (Lipinski definition) is 4. The van der Waals surface area contributed by atoms with Crippen LogP contribution in [-0.4, -0.2) is 15.5 Å². The van der Waals surface area contributed by atoms with Crippen molar-refractivity contribution in [2.75, 3.05) is 7.11 Å². The van der Waals surface area contributed by atoms with Crippen LogP contribution in [0.1, 0.15) is 30.9 Å². The molecule has 0 saturated carbocycles. The Bertz CT molecular complexity index is 861. The van der Waals surface area contributed by atoms with E-state index in [9.17, 15) is 8.42 Å². The summed E-state index contributed by atoms with van der Waals surface area (Å²) in [6.45, 7) is 6.05. The minimum Gasteiger partial charge on any atom is -0.495 e. The molecule has 0 N–H and O–H groups in total. The molecule has 2 aromatic rings. The molecule has 2 rings (SSSR count). The Balaban J connectivity index is 2.39. The quantitative estimate of drug-likeness (QED) is 0.660. The van der Waals surface area contributed by atoms with Crippen LogP contribution in [0.5, 0.6) is 11.5 Å². The first-order chi connectivity index (χ1) is 11.2. The molecule has 0 spiro atoms. The summed E-state index contributed by atoms with van der Waals surface area (Å²) in [7, 11) is -2.70. The van der Waals surface area contributed by atoms with Crippen LogP contribution < -0.4 is 8.92 Å². The van der Waals surface area contributed by atoms with Gasteiger partial charge in [-0.2, -0.15) is 8.42 Å². The molecule has 0 bridgehead atoms. The lowest BCUT2D eigenvalue weighted by Crippen LogP contribution is -2.11. The van der Waals surface area contributed by atoms with Gasteiger partial charge in [-0.3, -0.25) is 0 Å². The number of benzene rings is 2. The normalized spacial score (nSPS) is 11.6. The highest BCUT2D eigenvalue weighted by molar-refractivity contribution is 7.87. The summed E-state index contributed by atoms with van der Waals surface area (Å²) in [5.74, 6) is 0.850. The molecule has 0 aromatic heterocycles. The molecule has 0 amide bonds. The predicted molar refractivity (Wildman–Crippen MR) is 96.1 cm³/mol. The van der Waals surface area contributed by atoms with Gasteiger partial charge in [-0.05, 0) is 42.2 Å². The third kappa shape index (κ3) is 3.97. The standard InChI is InChI=1S/C17H18Cl2O4S/c1-10(2)13-6-5-12(7-11(13)3)23-24(20,21)17-9-14(18)16(22-4)8-15(17)19/h5-10H,1-4H3. The van der Waals surface area contributed by atoms with Crippen molar-refractivity contribution < 1.29 is 17.3 Å². The molecule has 0 fully saturated rings. The van der Waals surface area contributed by atoms with E-state index in [1.165, 1.54) is 19.2 Å². The van der Waals surface area contributed by atoms with Crippen molar-refractivity contribution in [3.63, 3.8) is 0 Å². The first kappa shape index (κ1) is 18.9. The molecule has 0 atom stereocenters. The molecule has 4 nitrogen and oxygen atoms in total. The van der Waals surface area contributed by atoms with Crippen molar-refractivity contribution in [2.24, 2.45) is 0 Å². The summed E-state index contributed by atoms with van der Waals surface area (Å²) in [6, 6.07) is 7.72. The number of aryl methyl sites for hydroxylation is 1. The van der Waals surface area contributed by atoms with Crippen molar-refractivity contribution in [3.8, 4) is 11.5 Å². The van der Waals surface area contributed by atoms with E-state index < -0.39 is 10.1 Å². The Labute approximate surface area is 152 Å². The number of hydrogen-bond donors (Lipinski definition) is 0. The lowest BCUT2D eigenvalue weighted by Gasteiger charge is -2.13. The molecule has 2 aromatic carbocycles. The largest absolute Gasteiger partial charge is 0.495 e. The lowest BCUT2D eigenvalue weighted by atomic mass is 9.98. The van der Waals surface area contributed by atoms with E-state index >= 15 is 0 Å². The Morgan fingerprint density at radius 1 is 1.04 bits per heavy atom. The predicted octanol–water partition coefficient (Wildman–Crippen LogP) is 5.20. The van der Waals surface area contributed by atoms with Crippen LogP contribution in [-0.2, 0) is 10.1 Å². The summed E-state index contributed by atoms with van der Waals surface area (Å²) in [5.41, 5.74) is 2.09. The molecule has 7 heteroatoms. The molecule has 0 radical (unpaired) electrons. The van der Waals surface area contributed by atoms with Crippen LogP contribution in [0.4, 0.5) is 0 Å². The molecule has 0 heterocycles. The second kappa shape index (κ2) is 7.21. The van der Waals surface area contributed by atoms with E-state index in [1.54, 1.807) is 12.1 Å². The first-order valence-electron chi connectivity index (χ1n) is 7.23. The van der Waals surface area contributed by atoms with E-state index in [0.29, 0.717) is 5.92 Å². The Morgan fingerprint density at radius 2 is 1.71 bits per heavy atom. The van der Waals surface area contributed by atoms with E-state index in [1.807, 2.05) is 13.0 Å². The van der Waals surface area contributed by atoms with Gasteiger partial charge in [-0.25, -0.2) is 0 Å². The number of methoxy groups -OCH3 is 1. The van der Waals surface area contributed by atoms with Gasteiger partial charge in [0.2, 0.25) is 0 Å². The Morgan fingerprint density at radius 3 is 2.25 bits per heavy atom. The van der Waals surface area contributed by atoms with Crippen LogP contribution in [0, 0.1) is 6.92 Å². The van der Waals surface area contributed by atoms with Crippen LogP contribution in [0.3, 0.4) is 0 Å². The zero-order valence-electron chi connectivity index (χ0n) is 13.8. The molecule has 0 aliphatic rings. The maximum Gasteiger partial charge on any atom is 0.340 e. The van der Waals surface area contributed by atoms with E-state index in [0.717, 1.165) is 11.1 Å². The summed E-state index contributed by atoms with van der Waals surface area (Å²) in [4.78, 5) is -0.208. The van der Waals surface area contributed by atoms with Crippen LogP contribution in [0.2, 0.25) is 10.0 Å². The van der Waals surface area contributed by atoms with Gasteiger partial charge in [-0.15, -0.1) is 0 Å². The molecule has 130 valence electrons. The highest BCUT2D eigenvalue weighted by Crippen LogP contribution is 2.35. The van der Waals surface area contributed by atoms with Crippen molar-refractivity contribution in [1.29, 1.82) is 0 Å². The molecule has 0 saturated heterocycles. The average molecular weight is 389 g/mol. The molecule has 0 unspecified atom stereocenters. The SMILES string of the molecule is COc1cc(Cl)c(S(=O)(=O)Oc2ccc(C(C)C)c(C)c2)cc1Cl. The average Bonchev–Trinajstić information content (AvgIpc) is 2.48. The molecular weight excluding hydrogens is 371 g/mol. The minimum absolute atomic E-state index is 0.0215. The monoisotopic (exact) mass is 388 g/mol. The summed E-state index contributed by atoms with van der Waals surface area (Å²) < 4.78 is 35.2. The van der Waals surface area contributed by atoms with Crippen molar-refractivity contribution in [2.45, 2.75) is 31.6 Å². The van der Waals surface area contributed by atoms with E-state index in [-0.39, 0.29) is 26.4 Å². The fourth-order valence-corrected chi connectivity index (χ4v) is 4.13. The highest BCUT2D eigenvalue weighted by atomic mass is 35.5. The summed E-state index contributed by atoms with van der Waals surface area (Å²) in [6.07, 6.45) is 0. The Kier molecular flexibility index (Phi) is 5.68. The zero-order chi connectivity index (χ0) is 18.1. The minimum atomic E-state index is -4.11. The van der Waals surface area contributed by atoms with Crippen molar-refractivity contribution in [1.82, 2.24) is 0 Å². The van der Waals surface area contributed by atoms with Gasteiger partial charge < -0.3 is 8.92 Å². The third-order valence-electron chi connectivity index (χ3n) is 3.54. The third-order valence-corrected chi connectivity index (χ3v) is 5.55. The summed E-state index contributed by atoms with van der Waals surface area (Å²) >= 11 is 12.0. The smallest absolute Gasteiger partial charge is 0.340 e. The van der Waals surface area contributed by atoms with Crippen molar-refractivity contribution >= 4 is 33.3 Å². The molecule has 0 aliphatic heterocycles. The fourth-order valence-electron chi connectivity index (χ4n) is 2.38. The topological polar surface area (TPSA) is 52.6 Å². The van der Waals surface area contributed by atoms with Crippen LogP contribution >= 0.6 is 23.2 Å². The van der Waals surface area contributed by atoms with E-state index in [2.05, 4.69) is 13.8 Å². The van der Waals surface area contributed by atoms with Gasteiger partial charge in [0.1, 0.15) is 16.4 Å². The first-order valence-corrected chi connectivity index (χ1v) is 9.40. The highest BCUT2D eigenvalue weighted by Gasteiger charge is 2.23. The maximum atomic E-state index is 12.5.